The minimum Gasteiger partial charge on any atom is -0.466 e. The van der Waals surface area contributed by atoms with Gasteiger partial charge in [0.2, 0.25) is 5.89 Å². The van der Waals surface area contributed by atoms with Gasteiger partial charge in [0, 0.05) is 5.92 Å². The molecule has 0 aromatic carbocycles. The molecular weight excluding hydrogens is 264 g/mol. The second-order valence-corrected chi connectivity index (χ2v) is 4.70. The molecule has 1 aromatic rings. The van der Waals surface area contributed by atoms with Crippen LogP contribution in [0.25, 0.3) is 0 Å². The average molecular weight is 278 g/mol. The molecule has 0 radical (unpaired) electrons. The van der Waals surface area contributed by atoms with Crippen molar-refractivity contribution in [2.75, 3.05) is 11.5 Å². The molecule has 1 atom stereocenters. The maximum absolute atomic E-state index is 12.1. The highest BCUT2D eigenvalue weighted by Crippen LogP contribution is 2.39. The van der Waals surface area contributed by atoms with Crippen molar-refractivity contribution in [3.05, 3.63) is 5.89 Å². The normalized spacial score (nSPS) is 21.6. The fourth-order valence-corrected chi connectivity index (χ4v) is 1.92. The Labute approximate surface area is 114 Å². The summed E-state index contributed by atoms with van der Waals surface area (Å²) < 4.78 is 9.90. The molecule has 1 unspecified atom stereocenters. The molecule has 1 saturated carbocycles. The molecule has 2 aliphatic rings. The van der Waals surface area contributed by atoms with Crippen LogP contribution in [-0.2, 0) is 14.3 Å². The number of hydrogen-bond acceptors (Lipinski definition) is 7. The molecule has 3 rings (SSSR count). The number of anilines is 1. The average Bonchev–Trinajstić information content (AvgIpc) is 3.06. The van der Waals surface area contributed by atoms with E-state index in [2.05, 4.69) is 15.1 Å². The lowest BCUT2D eigenvalue weighted by Crippen LogP contribution is -2.33. The van der Waals surface area contributed by atoms with Crippen LogP contribution >= 0.6 is 0 Å². The topological polar surface area (TPSA) is 97.9 Å². The number of carbonyl (C=O) groups excluding carboxylic acids is 2. The Morgan fingerprint density at radius 3 is 3.05 bits per heavy atom. The van der Waals surface area contributed by atoms with Crippen LogP contribution in [0.1, 0.15) is 38.0 Å². The van der Waals surface area contributed by atoms with Crippen LogP contribution in [0.5, 0.6) is 0 Å². The largest absolute Gasteiger partial charge is 0.466 e. The van der Waals surface area contributed by atoms with Crippen LogP contribution in [0.2, 0.25) is 0 Å². The van der Waals surface area contributed by atoms with Crippen LogP contribution < -0.4 is 4.90 Å². The van der Waals surface area contributed by atoms with Crippen molar-refractivity contribution < 1.29 is 18.8 Å². The number of aliphatic imine (C=N–C) groups is 1. The van der Waals surface area contributed by atoms with E-state index in [1.165, 1.54) is 11.2 Å². The number of rotatable bonds is 5. The minimum atomic E-state index is -0.767. The summed E-state index contributed by atoms with van der Waals surface area (Å²) in [6.45, 7) is 1.99. The van der Waals surface area contributed by atoms with Crippen molar-refractivity contribution in [1.82, 2.24) is 10.1 Å². The Bertz CT molecular complexity index is 564. The van der Waals surface area contributed by atoms with E-state index in [9.17, 15) is 9.59 Å². The Balaban J connectivity index is 1.65. The number of esters is 1. The van der Waals surface area contributed by atoms with Crippen LogP contribution in [0.3, 0.4) is 0 Å². The predicted molar refractivity (Wildman–Crippen MR) is 67.3 cm³/mol. The molecule has 0 bridgehead atoms. The van der Waals surface area contributed by atoms with Crippen molar-refractivity contribution in [2.45, 2.75) is 38.1 Å². The Morgan fingerprint density at radius 2 is 2.35 bits per heavy atom. The van der Waals surface area contributed by atoms with Crippen molar-refractivity contribution in [3.8, 4) is 0 Å². The van der Waals surface area contributed by atoms with Gasteiger partial charge in [0.25, 0.3) is 11.9 Å². The number of carbonyl (C=O) groups is 2. The molecule has 106 valence electrons. The zero-order valence-electron chi connectivity index (χ0n) is 11.0. The summed E-state index contributed by atoms with van der Waals surface area (Å²) in [4.78, 5) is 32.9. The summed E-state index contributed by atoms with van der Waals surface area (Å²) in [5.74, 6) is 0.251. The quantitative estimate of drug-likeness (QED) is 0.733. The van der Waals surface area contributed by atoms with E-state index in [0.29, 0.717) is 11.8 Å². The van der Waals surface area contributed by atoms with Crippen LogP contribution in [-0.4, -0.2) is 41.0 Å². The lowest BCUT2D eigenvalue weighted by atomic mass is 10.2. The van der Waals surface area contributed by atoms with Gasteiger partial charge >= 0.3 is 5.97 Å². The smallest absolute Gasteiger partial charge is 0.308 e. The molecule has 20 heavy (non-hydrogen) atoms. The number of aromatic nitrogens is 2. The first-order valence-electron chi connectivity index (χ1n) is 6.54. The van der Waals surface area contributed by atoms with E-state index in [1.54, 1.807) is 6.92 Å². The summed E-state index contributed by atoms with van der Waals surface area (Å²) in [7, 11) is 0. The summed E-state index contributed by atoms with van der Waals surface area (Å²) in [6, 6.07) is -0.767. The van der Waals surface area contributed by atoms with Crippen LogP contribution in [0, 0.1) is 0 Å². The van der Waals surface area contributed by atoms with Gasteiger partial charge in [0.1, 0.15) is 12.4 Å². The minimum absolute atomic E-state index is 0.0764. The highest BCUT2D eigenvalue weighted by Gasteiger charge is 2.36. The lowest BCUT2D eigenvalue weighted by molar-refractivity contribution is -0.144. The molecule has 0 saturated heterocycles. The zero-order chi connectivity index (χ0) is 14.1. The maximum atomic E-state index is 12.1. The van der Waals surface area contributed by atoms with Crippen molar-refractivity contribution in [2.24, 2.45) is 4.99 Å². The third-order valence-corrected chi connectivity index (χ3v) is 3.12. The summed E-state index contributed by atoms with van der Waals surface area (Å²) in [5.41, 5.74) is 0. The van der Waals surface area contributed by atoms with Crippen molar-refractivity contribution in [3.63, 3.8) is 0 Å². The van der Waals surface area contributed by atoms with Gasteiger partial charge in [-0.3, -0.25) is 14.6 Å². The van der Waals surface area contributed by atoms with E-state index in [-0.39, 0.29) is 24.9 Å². The van der Waals surface area contributed by atoms with E-state index < -0.39 is 12.0 Å². The molecule has 1 aromatic heterocycles. The molecule has 2 heterocycles. The monoisotopic (exact) mass is 278 g/mol. The highest BCUT2D eigenvalue weighted by molar-refractivity contribution is 6.14. The van der Waals surface area contributed by atoms with Gasteiger partial charge in [-0.15, -0.1) is 0 Å². The molecule has 0 N–H and O–H groups in total. The molecule has 0 spiro atoms. The number of hydrogen-bond donors (Lipinski definition) is 0. The molecule has 8 heteroatoms. The van der Waals surface area contributed by atoms with Gasteiger partial charge in [-0.2, -0.15) is 4.98 Å². The maximum Gasteiger partial charge on any atom is 0.308 e. The van der Waals surface area contributed by atoms with Gasteiger partial charge in [0.05, 0.1) is 13.0 Å². The Kier molecular flexibility index (Phi) is 3.21. The molecular formula is C12H14N4O4. The summed E-state index contributed by atoms with van der Waals surface area (Å²) in [5, 5.41) is 3.77. The first kappa shape index (κ1) is 12.8. The summed E-state index contributed by atoms with van der Waals surface area (Å²) >= 11 is 0. The SMILES string of the molecule is CCOC(=O)CC1N=CN(c2noc(C3CC3)n2)C1=O. The first-order chi connectivity index (χ1) is 9.69. The fraction of sp³-hybridized carbons (Fsp3) is 0.583. The number of ether oxygens (including phenoxy) is 1. The van der Waals surface area contributed by atoms with Crippen LogP contribution in [0.15, 0.2) is 9.52 Å². The van der Waals surface area contributed by atoms with Gasteiger partial charge in [-0.05, 0) is 24.9 Å². The van der Waals surface area contributed by atoms with Gasteiger partial charge in [-0.25, -0.2) is 4.90 Å². The van der Waals surface area contributed by atoms with Gasteiger partial charge < -0.3 is 9.26 Å². The second kappa shape index (κ2) is 5.03. The van der Waals surface area contributed by atoms with Crippen molar-refractivity contribution in [1.29, 1.82) is 0 Å². The fourth-order valence-electron chi connectivity index (χ4n) is 1.92. The van der Waals surface area contributed by atoms with Crippen LogP contribution in [0.4, 0.5) is 5.95 Å². The third-order valence-electron chi connectivity index (χ3n) is 3.12. The van der Waals surface area contributed by atoms with Gasteiger partial charge in [0.15, 0.2) is 0 Å². The predicted octanol–water partition coefficient (Wildman–Crippen LogP) is 0.644. The van der Waals surface area contributed by atoms with Gasteiger partial charge in [-0.1, -0.05) is 0 Å². The summed E-state index contributed by atoms with van der Waals surface area (Å²) in [6.07, 6.45) is 3.32. The molecule has 1 aliphatic carbocycles. The highest BCUT2D eigenvalue weighted by atomic mass is 16.5. The molecule has 1 aliphatic heterocycles. The zero-order valence-corrected chi connectivity index (χ0v) is 11.0. The Morgan fingerprint density at radius 1 is 1.55 bits per heavy atom. The number of nitrogens with zero attached hydrogens (tertiary/aromatic N) is 4. The molecule has 8 nitrogen and oxygen atoms in total. The number of amides is 1. The molecule has 1 amide bonds. The molecule has 1 fully saturated rings. The van der Waals surface area contributed by atoms with E-state index in [0.717, 1.165) is 12.8 Å². The Hall–Kier alpha value is -2.25. The standard InChI is InChI=1S/C12H14N4O4/c1-2-19-9(17)5-8-11(18)16(6-13-8)12-14-10(20-15-12)7-3-4-7/h6-8H,2-5H2,1H3. The van der Waals surface area contributed by atoms with Crippen molar-refractivity contribution >= 4 is 24.2 Å². The first-order valence-corrected chi connectivity index (χ1v) is 6.54. The third kappa shape index (κ3) is 2.40. The van der Waals surface area contributed by atoms with E-state index >= 15 is 0 Å². The second-order valence-electron chi connectivity index (χ2n) is 4.70. The van der Waals surface area contributed by atoms with E-state index in [4.69, 9.17) is 9.26 Å². The van der Waals surface area contributed by atoms with E-state index in [1.807, 2.05) is 0 Å². The lowest BCUT2D eigenvalue weighted by Gasteiger charge is -2.09.